The minimum absolute atomic E-state index is 0.248. The number of hydrogen-bond donors (Lipinski definition) is 2. The van der Waals surface area contributed by atoms with E-state index in [0.717, 1.165) is 16.7 Å². The molecular weight excluding hydrogens is 321 g/mol. The number of nitrogens with one attached hydrogen (secondary N) is 1. The van der Waals surface area contributed by atoms with Crippen molar-refractivity contribution in [2.45, 2.75) is 6.92 Å². The molecule has 0 bridgehead atoms. The van der Waals surface area contributed by atoms with Crippen LogP contribution < -0.4 is 16.6 Å². The summed E-state index contributed by atoms with van der Waals surface area (Å²) < 4.78 is 14.6. The minimum Gasteiger partial charge on any atom is -0.351 e. The highest BCUT2D eigenvalue weighted by molar-refractivity contribution is 5.90. The van der Waals surface area contributed by atoms with Gasteiger partial charge in [-0.3, -0.25) is 9.36 Å². The maximum atomic E-state index is 13.2. The molecule has 1 aromatic heterocycles. The molecule has 5 nitrogen and oxygen atoms in total. The monoisotopic (exact) mass is 337 g/mol. The van der Waals surface area contributed by atoms with Crippen molar-refractivity contribution in [2.75, 3.05) is 5.32 Å². The Morgan fingerprint density at radius 1 is 1.12 bits per heavy atom. The van der Waals surface area contributed by atoms with Gasteiger partial charge >= 0.3 is 6.03 Å². The first-order valence-corrected chi connectivity index (χ1v) is 7.61. The largest absolute Gasteiger partial charge is 0.351 e. The summed E-state index contributed by atoms with van der Waals surface area (Å²) in [6, 6.07) is 13.7. The molecule has 0 radical (unpaired) electrons. The van der Waals surface area contributed by atoms with Crippen LogP contribution in [0.2, 0.25) is 0 Å². The summed E-state index contributed by atoms with van der Waals surface area (Å²) in [7, 11) is 0. The molecule has 0 aliphatic rings. The van der Waals surface area contributed by atoms with Crippen molar-refractivity contribution in [2.24, 2.45) is 5.73 Å². The third-order valence-electron chi connectivity index (χ3n) is 3.84. The van der Waals surface area contributed by atoms with Crippen LogP contribution in [-0.4, -0.2) is 10.6 Å². The van der Waals surface area contributed by atoms with Crippen LogP contribution in [-0.2, 0) is 0 Å². The van der Waals surface area contributed by atoms with E-state index in [9.17, 15) is 14.0 Å². The fraction of sp³-hybridized carbons (Fsp3) is 0.0526. The Kier molecular flexibility index (Phi) is 4.35. The lowest BCUT2D eigenvalue weighted by atomic mass is 10.0. The van der Waals surface area contributed by atoms with Crippen molar-refractivity contribution >= 4 is 11.7 Å². The summed E-state index contributed by atoms with van der Waals surface area (Å²) in [6.45, 7) is 1.82. The van der Waals surface area contributed by atoms with Crippen LogP contribution in [0.5, 0.6) is 0 Å². The van der Waals surface area contributed by atoms with Crippen LogP contribution in [0.15, 0.2) is 65.6 Å². The third kappa shape index (κ3) is 3.42. The van der Waals surface area contributed by atoms with E-state index in [4.69, 9.17) is 5.73 Å². The van der Waals surface area contributed by atoms with Crippen LogP contribution in [0, 0.1) is 12.7 Å². The molecule has 3 aromatic rings. The van der Waals surface area contributed by atoms with Gasteiger partial charge in [0.05, 0.1) is 11.4 Å². The van der Waals surface area contributed by atoms with Crippen molar-refractivity contribution in [1.82, 2.24) is 4.57 Å². The van der Waals surface area contributed by atoms with Gasteiger partial charge in [0.1, 0.15) is 5.82 Å². The van der Waals surface area contributed by atoms with Crippen molar-refractivity contribution in [1.29, 1.82) is 0 Å². The summed E-state index contributed by atoms with van der Waals surface area (Å²) in [6.07, 6.45) is 1.67. The highest BCUT2D eigenvalue weighted by atomic mass is 19.1. The van der Waals surface area contributed by atoms with Gasteiger partial charge in [-0.05, 0) is 42.3 Å². The SMILES string of the molecule is Cc1cc(=O)n(-c2ccccc2NC(N)=O)cc1-c1ccc(F)cc1. The van der Waals surface area contributed by atoms with Crippen LogP contribution >= 0.6 is 0 Å². The first-order valence-electron chi connectivity index (χ1n) is 7.61. The number of amides is 2. The number of carbonyl (C=O) groups is 1. The van der Waals surface area contributed by atoms with Crippen molar-refractivity contribution in [3.05, 3.63) is 82.5 Å². The molecule has 2 amide bonds. The van der Waals surface area contributed by atoms with E-state index in [1.807, 2.05) is 6.92 Å². The van der Waals surface area contributed by atoms with E-state index in [1.54, 1.807) is 42.6 Å². The molecule has 0 saturated heterocycles. The van der Waals surface area contributed by atoms with Crippen LogP contribution in [0.25, 0.3) is 16.8 Å². The average Bonchev–Trinajstić information content (AvgIpc) is 2.56. The van der Waals surface area contributed by atoms with Gasteiger partial charge in [0.15, 0.2) is 0 Å². The lowest BCUT2D eigenvalue weighted by Crippen LogP contribution is -2.23. The van der Waals surface area contributed by atoms with Gasteiger partial charge in [-0.1, -0.05) is 24.3 Å². The molecule has 0 fully saturated rings. The highest BCUT2D eigenvalue weighted by Gasteiger charge is 2.11. The molecule has 0 aliphatic heterocycles. The van der Waals surface area contributed by atoms with E-state index >= 15 is 0 Å². The number of halogens is 1. The molecule has 25 heavy (non-hydrogen) atoms. The molecule has 1 heterocycles. The summed E-state index contributed by atoms with van der Waals surface area (Å²) in [4.78, 5) is 23.7. The highest BCUT2D eigenvalue weighted by Crippen LogP contribution is 2.25. The van der Waals surface area contributed by atoms with Crippen LogP contribution in [0.4, 0.5) is 14.9 Å². The lowest BCUT2D eigenvalue weighted by Gasteiger charge is -2.15. The number of primary amides is 1. The topological polar surface area (TPSA) is 77.1 Å². The Bertz CT molecular complexity index is 994. The number of para-hydroxylation sites is 2. The van der Waals surface area contributed by atoms with E-state index in [-0.39, 0.29) is 11.4 Å². The Balaban J connectivity index is 2.18. The van der Waals surface area contributed by atoms with E-state index in [1.165, 1.54) is 22.8 Å². The Morgan fingerprint density at radius 3 is 2.48 bits per heavy atom. The van der Waals surface area contributed by atoms with Crippen molar-refractivity contribution < 1.29 is 9.18 Å². The van der Waals surface area contributed by atoms with Gasteiger partial charge in [-0.25, -0.2) is 9.18 Å². The van der Waals surface area contributed by atoms with Crippen LogP contribution in [0.3, 0.4) is 0 Å². The Morgan fingerprint density at radius 2 is 1.80 bits per heavy atom. The number of benzene rings is 2. The summed E-state index contributed by atoms with van der Waals surface area (Å²) in [5, 5.41) is 2.51. The van der Waals surface area contributed by atoms with Gasteiger partial charge < -0.3 is 11.1 Å². The van der Waals surface area contributed by atoms with E-state index < -0.39 is 6.03 Å². The smallest absolute Gasteiger partial charge is 0.316 e. The number of hydrogen-bond acceptors (Lipinski definition) is 2. The summed E-state index contributed by atoms with van der Waals surface area (Å²) in [5.74, 6) is -0.328. The van der Waals surface area contributed by atoms with Crippen molar-refractivity contribution in [3.8, 4) is 16.8 Å². The second-order valence-electron chi connectivity index (χ2n) is 5.59. The minimum atomic E-state index is -0.716. The molecular formula is C19H16FN3O2. The Labute approximate surface area is 143 Å². The predicted octanol–water partition coefficient (Wildman–Crippen LogP) is 3.44. The molecule has 126 valence electrons. The molecule has 6 heteroatoms. The first kappa shape index (κ1) is 16.4. The number of anilines is 1. The number of aromatic nitrogens is 1. The molecule has 2 aromatic carbocycles. The predicted molar refractivity (Wildman–Crippen MR) is 95.4 cm³/mol. The summed E-state index contributed by atoms with van der Waals surface area (Å²) >= 11 is 0. The van der Waals surface area contributed by atoms with E-state index in [0.29, 0.717) is 11.4 Å². The first-order chi connectivity index (χ1) is 12.0. The van der Waals surface area contributed by atoms with E-state index in [2.05, 4.69) is 5.32 Å². The molecule has 0 atom stereocenters. The van der Waals surface area contributed by atoms with Gasteiger partial charge in [0.2, 0.25) is 0 Å². The second kappa shape index (κ2) is 6.60. The molecule has 0 saturated carbocycles. The molecule has 3 rings (SSSR count). The molecule has 0 aliphatic carbocycles. The molecule has 3 N–H and O–H groups in total. The van der Waals surface area contributed by atoms with Crippen molar-refractivity contribution in [3.63, 3.8) is 0 Å². The Hall–Kier alpha value is -3.41. The van der Waals surface area contributed by atoms with Gasteiger partial charge in [-0.2, -0.15) is 0 Å². The number of aryl methyl sites for hydroxylation is 1. The fourth-order valence-electron chi connectivity index (χ4n) is 2.67. The zero-order chi connectivity index (χ0) is 18.0. The van der Waals surface area contributed by atoms with Gasteiger partial charge in [0, 0.05) is 17.8 Å². The van der Waals surface area contributed by atoms with Crippen LogP contribution in [0.1, 0.15) is 5.56 Å². The number of urea groups is 1. The zero-order valence-corrected chi connectivity index (χ0v) is 13.5. The molecule has 0 unspecified atom stereocenters. The van der Waals surface area contributed by atoms with Gasteiger partial charge in [-0.15, -0.1) is 0 Å². The van der Waals surface area contributed by atoms with Gasteiger partial charge in [0.25, 0.3) is 5.56 Å². The summed E-state index contributed by atoms with van der Waals surface area (Å²) in [5.41, 5.74) is 8.21. The second-order valence-corrected chi connectivity index (χ2v) is 5.59. The maximum Gasteiger partial charge on any atom is 0.316 e. The molecule has 0 spiro atoms. The average molecular weight is 337 g/mol. The normalized spacial score (nSPS) is 10.5. The number of rotatable bonds is 3. The number of carbonyl (C=O) groups excluding carboxylic acids is 1. The lowest BCUT2D eigenvalue weighted by molar-refractivity contribution is 0.259. The zero-order valence-electron chi connectivity index (χ0n) is 13.5. The fourth-order valence-corrected chi connectivity index (χ4v) is 2.67. The number of pyridine rings is 1. The quantitative estimate of drug-likeness (QED) is 0.768. The maximum absolute atomic E-state index is 13.2. The standard InChI is InChI=1S/C19H16FN3O2/c1-12-10-18(24)23(11-15(12)13-6-8-14(20)9-7-13)17-5-3-2-4-16(17)22-19(21)25/h2-11H,1H3,(H3,21,22,25). The number of nitrogens with two attached hydrogens (primary N) is 1. The number of nitrogens with zero attached hydrogens (tertiary/aromatic N) is 1. The third-order valence-corrected chi connectivity index (χ3v) is 3.84.